The monoisotopic (exact) mass is 334 g/mol. The van der Waals surface area contributed by atoms with E-state index in [9.17, 15) is 0 Å². The molecule has 0 radical (unpaired) electrons. The molecule has 0 aliphatic heterocycles. The van der Waals surface area contributed by atoms with E-state index in [0.29, 0.717) is 16.1 Å². The third-order valence-electron chi connectivity index (χ3n) is 4.34. The Morgan fingerprint density at radius 1 is 1.18 bits per heavy atom. The predicted octanol–water partition coefficient (Wildman–Crippen LogP) is 4.85. The van der Waals surface area contributed by atoms with E-state index in [1.807, 2.05) is 25.3 Å². The van der Waals surface area contributed by atoms with Gasteiger partial charge in [0.25, 0.3) is 0 Å². The summed E-state index contributed by atoms with van der Waals surface area (Å²) in [6.45, 7) is 2.03. The summed E-state index contributed by atoms with van der Waals surface area (Å²) < 4.78 is 2.09. The highest BCUT2D eigenvalue weighted by atomic mass is 35.5. The van der Waals surface area contributed by atoms with Crippen LogP contribution >= 0.6 is 23.2 Å². The average molecular weight is 335 g/mol. The fraction of sp³-hybridized carbons (Fsp3) is 0.375. The lowest BCUT2D eigenvalue weighted by Gasteiger charge is -2.15. The van der Waals surface area contributed by atoms with Gasteiger partial charge >= 0.3 is 0 Å². The molecule has 1 N–H and O–H groups in total. The summed E-state index contributed by atoms with van der Waals surface area (Å²) in [6.07, 6.45) is 6.78. The van der Waals surface area contributed by atoms with E-state index in [1.54, 1.807) is 0 Å². The summed E-state index contributed by atoms with van der Waals surface area (Å²) in [7, 11) is 0. The van der Waals surface area contributed by atoms with E-state index in [2.05, 4.69) is 14.7 Å². The zero-order valence-electron chi connectivity index (χ0n) is 12.2. The molecule has 3 aromatic rings. The molecule has 114 valence electrons. The highest BCUT2D eigenvalue weighted by Crippen LogP contribution is 2.31. The van der Waals surface area contributed by atoms with Crippen LogP contribution in [-0.2, 0) is 0 Å². The number of rotatable bonds is 2. The molecule has 1 aliphatic rings. The SMILES string of the molecule is Cc1cnc2c(NC3CCCC3)nc3cc(Cl)c(Cl)cc3n12. The van der Waals surface area contributed by atoms with Gasteiger partial charge in [-0.05, 0) is 31.9 Å². The highest BCUT2D eigenvalue weighted by molar-refractivity contribution is 6.42. The first-order chi connectivity index (χ1) is 10.6. The van der Waals surface area contributed by atoms with E-state index in [0.717, 1.165) is 28.2 Å². The quantitative estimate of drug-likeness (QED) is 0.728. The smallest absolute Gasteiger partial charge is 0.180 e. The lowest BCUT2D eigenvalue weighted by Crippen LogP contribution is -2.16. The summed E-state index contributed by atoms with van der Waals surface area (Å²) in [5, 5.41) is 4.60. The lowest BCUT2D eigenvalue weighted by molar-refractivity contribution is 0.751. The van der Waals surface area contributed by atoms with Gasteiger partial charge in [0.2, 0.25) is 0 Å². The van der Waals surface area contributed by atoms with Crippen molar-refractivity contribution < 1.29 is 0 Å². The van der Waals surface area contributed by atoms with Crippen LogP contribution in [0.15, 0.2) is 18.3 Å². The summed E-state index contributed by atoms with van der Waals surface area (Å²) in [4.78, 5) is 9.27. The fourth-order valence-corrected chi connectivity index (χ4v) is 3.55. The summed E-state index contributed by atoms with van der Waals surface area (Å²) >= 11 is 12.3. The van der Waals surface area contributed by atoms with Crippen molar-refractivity contribution in [1.29, 1.82) is 0 Å². The fourth-order valence-electron chi connectivity index (χ4n) is 3.23. The molecule has 0 spiro atoms. The Balaban J connectivity index is 1.96. The van der Waals surface area contributed by atoms with Crippen molar-refractivity contribution in [1.82, 2.24) is 14.4 Å². The van der Waals surface area contributed by atoms with Crippen molar-refractivity contribution in [2.45, 2.75) is 38.6 Å². The second-order valence-electron chi connectivity index (χ2n) is 5.90. The zero-order chi connectivity index (χ0) is 15.3. The van der Waals surface area contributed by atoms with Crippen molar-refractivity contribution in [2.75, 3.05) is 5.32 Å². The molecule has 1 fully saturated rings. The Bertz CT molecular complexity index is 866. The normalized spacial score (nSPS) is 16.0. The molecule has 0 atom stereocenters. The molecule has 22 heavy (non-hydrogen) atoms. The maximum atomic E-state index is 6.18. The second kappa shape index (κ2) is 5.28. The van der Waals surface area contributed by atoms with E-state index < -0.39 is 0 Å². The van der Waals surface area contributed by atoms with Gasteiger partial charge in [0, 0.05) is 17.9 Å². The molecule has 0 unspecified atom stereocenters. The second-order valence-corrected chi connectivity index (χ2v) is 6.71. The van der Waals surface area contributed by atoms with Crippen LogP contribution in [0.5, 0.6) is 0 Å². The predicted molar refractivity (Wildman–Crippen MR) is 91.1 cm³/mol. The summed E-state index contributed by atoms with van der Waals surface area (Å²) in [6, 6.07) is 4.15. The van der Waals surface area contributed by atoms with Crippen LogP contribution in [-0.4, -0.2) is 20.4 Å². The number of imidazole rings is 1. The first kappa shape index (κ1) is 14.1. The third kappa shape index (κ3) is 2.22. The molecule has 4 rings (SSSR count). The minimum atomic E-state index is 0.480. The van der Waals surface area contributed by atoms with E-state index in [1.165, 1.54) is 25.7 Å². The van der Waals surface area contributed by atoms with Gasteiger partial charge < -0.3 is 5.32 Å². The van der Waals surface area contributed by atoms with Crippen LogP contribution in [0.1, 0.15) is 31.4 Å². The Labute approximate surface area is 138 Å². The molecule has 1 saturated carbocycles. The molecule has 0 amide bonds. The van der Waals surface area contributed by atoms with Crippen molar-refractivity contribution in [3.05, 3.63) is 34.1 Å². The van der Waals surface area contributed by atoms with Gasteiger partial charge in [-0.3, -0.25) is 4.40 Å². The van der Waals surface area contributed by atoms with Crippen LogP contribution in [0.2, 0.25) is 10.0 Å². The van der Waals surface area contributed by atoms with Gasteiger partial charge in [-0.25, -0.2) is 9.97 Å². The van der Waals surface area contributed by atoms with Crippen LogP contribution in [0, 0.1) is 6.92 Å². The molecule has 6 heteroatoms. The van der Waals surface area contributed by atoms with Crippen molar-refractivity contribution in [3.63, 3.8) is 0 Å². The Hall–Kier alpha value is -1.52. The first-order valence-corrected chi connectivity index (χ1v) is 8.28. The number of aromatic nitrogens is 3. The van der Waals surface area contributed by atoms with Crippen LogP contribution in [0.3, 0.4) is 0 Å². The number of benzene rings is 1. The van der Waals surface area contributed by atoms with Gasteiger partial charge in [-0.2, -0.15) is 0 Å². The van der Waals surface area contributed by atoms with Gasteiger partial charge in [0.05, 0.1) is 21.1 Å². The number of halogens is 2. The van der Waals surface area contributed by atoms with Crippen LogP contribution in [0.25, 0.3) is 16.7 Å². The largest absolute Gasteiger partial charge is 0.364 e. The molecule has 0 saturated heterocycles. The lowest BCUT2D eigenvalue weighted by atomic mass is 10.2. The molecule has 1 aliphatic carbocycles. The van der Waals surface area contributed by atoms with E-state index in [4.69, 9.17) is 28.2 Å². The highest BCUT2D eigenvalue weighted by Gasteiger charge is 2.19. The average Bonchev–Trinajstić information content (AvgIpc) is 3.11. The molecule has 2 aromatic heterocycles. The third-order valence-corrected chi connectivity index (χ3v) is 5.06. The number of aryl methyl sites for hydroxylation is 1. The maximum absolute atomic E-state index is 6.18. The molecule has 0 bridgehead atoms. The van der Waals surface area contributed by atoms with Crippen molar-refractivity contribution >= 4 is 45.7 Å². The number of anilines is 1. The maximum Gasteiger partial charge on any atom is 0.180 e. The molecule has 2 heterocycles. The van der Waals surface area contributed by atoms with Gasteiger partial charge in [0.15, 0.2) is 11.5 Å². The Kier molecular flexibility index (Phi) is 3.39. The zero-order valence-corrected chi connectivity index (χ0v) is 13.7. The summed E-state index contributed by atoms with van der Waals surface area (Å²) in [5.74, 6) is 0.825. The minimum absolute atomic E-state index is 0.480. The first-order valence-electron chi connectivity index (χ1n) is 7.53. The van der Waals surface area contributed by atoms with Gasteiger partial charge in [-0.1, -0.05) is 36.0 Å². The van der Waals surface area contributed by atoms with E-state index in [-0.39, 0.29) is 0 Å². The molecule has 4 nitrogen and oxygen atoms in total. The topological polar surface area (TPSA) is 42.2 Å². The van der Waals surface area contributed by atoms with Crippen LogP contribution < -0.4 is 5.32 Å². The molecular weight excluding hydrogens is 319 g/mol. The van der Waals surface area contributed by atoms with Crippen LogP contribution in [0.4, 0.5) is 5.82 Å². The summed E-state index contributed by atoms with van der Waals surface area (Å²) in [5.41, 5.74) is 3.64. The van der Waals surface area contributed by atoms with Crippen molar-refractivity contribution in [3.8, 4) is 0 Å². The van der Waals surface area contributed by atoms with Gasteiger partial charge in [-0.15, -0.1) is 0 Å². The van der Waals surface area contributed by atoms with E-state index >= 15 is 0 Å². The standard InChI is InChI=1S/C16H16Cl2N4/c1-9-8-19-16-15(20-10-4-2-3-5-10)21-13-6-11(17)12(18)7-14(13)22(9)16/h6-8,10H,2-5H2,1H3,(H,20,21). The minimum Gasteiger partial charge on any atom is -0.364 e. The van der Waals surface area contributed by atoms with Gasteiger partial charge in [0.1, 0.15) is 0 Å². The number of hydrogen-bond acceptors (Lipinski definition) is 3. The molecule has 1 aromatic carbocycles. The van der Waals surface area contributed by atoms with Crippen molar-refractivity contribution in [2.24, 2.45) is 0 Å². The number of hydrogen-bond donors (Lipinski definition) is 1. The number of nitrogens with one attached hydrogen (secondary N) is 1. The Morgan fingerprint density at radius 3 is 2.68 bits per heavy atom. The number of fused-ring (bicyclic) bond motifs is 3. The number of nitrogens with zero attached hydrogens (tertiary/aromatic N) is 3. The Morgan fingerprint density at radius 2 is 1.91 bits per heavy atom. The molecular formula is C16H16Cl2N4.